The summed E-state index contributed by atoms with van der Waals surface area (Å²) in [4.78, 5) is 25.1. The molecule has 0 unspecified atom stereocenters. The highest BCUT2D eigenvalue weighted by atomic mass is 32.2. The molecule has 36 heavy (non-hydrogen) atoms. The number of aromatic nitrogens is 2. The average Bonchev–Trinajstić information content (AvgIpc) is 3.38. The third kappa shape index (κ3) is 5.29. The Morgan fingerprint density at radius 1 is 0.861 bits per heavy atom. The molecule has 0 atom stereocenters. The molecular weight excluding hydrogens is 472 g/mol. The monoisotopic (exact) mass is 494 g/mol. The normalized spacial score (nSPS) is 10.8. The third-order valence-electron chi connectivity index (χ3n) is 5.56. The molecule has 5 aromatic rings. The molecule has 0 spiro atoms. The Morgan fingerprint density at radius 3 is 2.50 bits per heavy atom. The van der Waals surface area contributed by atoms with Crippen LogP contribution in [0.3, 0.4) is 0 Å². The van der Waals surface area contributed by atoms with Crippen molar-refractivity contribution in [3.63, 3.8) is 0 Å². The molecule has 1 heterocycles. The smallest absolute Gasteiger partial charge is 0.277 e. The zero-order chi connectivity index (χ0) is 24.9. The topological polar surface area (TPSA) is 97.1 Å². The van der Waals surface area contributed by atoms with E-state index in [-0.39, 0.29) is 17.6 Å². The van der Waals surface area contributed by atoms with Gasteiger partial charge in [0.2, 0.25) is 11.8 Å². The number of hydrogen-bond donors (Lipinski definition) is 2. The molecule has 0 radical (unpaired) electrons. The number of aryl methyl sites for hydroxylation is 1. The first kappa shape index (κ1) is 23.3. The van der Waals surface area contributed by atoms with Crippen molar-refractivity contribution in [1.29, 1.82) is 0 Å². The number of nitrogens with zero attached hydrogens (tertiary/aromatic N) is 2. The van der Waals surface area contributed by atoms with Crippen LogP contribution in [0.25, 0.3) is 22.2 Å². The molecule has 178 valence electrons. The summed E-state index contributed by atoms with van der Waals surface area (Å²) in [5.41, 5.74) is 3.51. The Balaban J connectivity index is 1.21. The lowest BCUT2D eigenvalue weighted by Gasteiger charge is -2.11. The van der Waals surface area contributed by atoms with Crippen molar-refractivity contribution in [2.75, 3.05) is 16.4 Å². The maximum absolute atomic E-state index is 12.6. The van der Waals surface area contributed by atoms with Crippen molar-refractivity contribution in [2.45, 2.75) is 12.1 Å². The predicted molar refractivity (Wildman–Crippen MR) is 142 cm³/mol. The zero-order valence-corrected chi connectivity index (χ0v) is 20.2. The van der Waals surface area contributed by atoms with Gasteiger partial charge in [-0.25, -0.2) is 0 Å². The van der Waals surface area contributed by atoms with Gasteiger partial charge in [0.15, 0.2) is 0 Å². The summed E-state index contributed by atoms with van der Waals surface area (Å²) in [6.07, 6.45) is 0. The van der Waals surface area contributed by atoms with Crippen LogP contribution in [0.5, 0.6) is 0 Å². The van der Waals surface area contributed by atoms with Crippen LogP contribution < -0.4 is 10.6 Å². The number of rotatable bonds is 7. The van der Waals surface area contributed by atoms with Gasteiger partial charge in [-0.15, -0.1) is 10.2 Å². The van der Waals surface area contributed by atoms with Crippen molar-refractivity contribution in [3.05, 3.63) is 102 Å². The van der Waals surface area contributed by atoms with Crippen LogP contribution in [0.1, 0.15) is 15.9 Å². The van der Waals surface area contributed by atoms with Crippen LogP contribution in [0.15, 0.2) is 101 Å². The zero-order valence-electron chi connectivity index (χ0n) is 19.4. The lowest BCUT2D eigenvalue weighted by atomic mass is 10.0. The first-order valence-corrected chi connectivity index (χ1v) is 12.3. The number of carbonyl (C=O) groups excluding carboxylic acids is 2. The highest BCUT2D eigenvalue weighted by molar-refractivity contribution is 7.99. The van der Waals surface area contributed by atoms with Crippen LogP contribution in [0, 0.1) is 6.92 Å². The fourth-order valence-electron chi connectivity index (χ4n) is 3.73. The van der Waals surface area contributed by atoms with E-state index in [0.717, 1.165) is 33.7 Å². The number of thioether (sulfide) groups is 1. The van der Waals surface area contributed by atoms with Gasteiger partial charge in [0, 0.05) is 22.5 Å². The first-order chi connectivity index (χ1) is 17.6. The lowest BCUT2D eigenvalue weighted by Crippen LogP contribution is -2.15. The molecule has 0 saturated heterocycles. The molecule has 0 aliphatic rings. The van der Waals surface area contributed by atoms with E-state index in [1.807, 2.05) is 73.7 Å². The second-order valence-corrected chi connectivity index (χ2v) is 9.01. The van der Waals surface area contributed by atoms with Gasteiger partial charge in [-0.3, -0.25) is 9.59 Å². The largest absolute Gasteiger partial charge is 0.411 e. The SMILES string of the molecule is Cc1ccc(NC(=O)CSc2nnc(-c3cccc4ccccc34)o2)cc1NC(=O)c1ccccc1. The van der Waals surface area contributed by atoms with Crippen molar-refractivity contribution in [1.82, 2.24) is 10.2 Å². The molecule has 2 N–H and O–H groups in total. The Hall–Kier alpha value is -4.43. The Labute approximate surface area is 211 Å². The van der Waals surface area contributed by atoms with Gasteiger partial charge in [-0.1, -0.05) is 72.4 Å². The molecule has 4 aromatic carbocycles. The van der Waals surface area contributed by atoms with E-state index in [2.05, 4.69) is 20.8 Å². The van der Waals surface area contributed by atoms with Crippen LogP contribution in [-0.2, 0) is 4.79 Å². The second kappa shape index (κ2) is 10.5. The Morgan fingerprint density at radius 2 is 1.64 bits per heavy atom. The molecular formula is C28H22N4O3S. The van der Waals surface area contributed by atoms with E-state index in [1.165, 1.54) is 0 Å². The molecule has 1 aromatic heterocycles. The molecule has 0 aliphatic heterocycles. The summed E-state index contributed by atoms with van der Waals surface area (Å²) < 4.78 is 5.81. The molecule has 5 rings (SSSR count). The van der Waals surface area contributed by atoms with Crippen LogP contribution in [0.4, 0.5) is 11.4 Å². The highest BCUT2D eigenvalue weighted by Gasteiger charge is 2.14. The van der Waals surface area contributed by atoms with E-state index in [4.69, 9.17) is 4.42 Å². The van der Waals surface area contributed by atoms with Crippen molar-refractivity contribution in [2.24, 2.45) is 0 Å². The molecule has 0 fully saturated rings. The van der Waals surface area contributed by atoms with Crippen LogP contribution in [0.2, 0.25) is 0 Å². The number of benzene rings is 4. The van der Waals surface area contributed by atoms with E-state index in [1.54, 1.807) is 24.3 Å². The molecule has 2 amide bonds. The van der Waals surface area contributed by atoms with Gasteiger partial charge in [0.1, 0.15) is 0 Å². The van der Waals surface area contributed by atoms with Crippen molar-refractivity contribution in [3.8, 4) is 11.5 Å². The molecule has 8 heteroatoms. The number of fused-ring (bicyclic) bond motifs is 1. The molecule has 0 aliphatic carbocycles. The summed E-state index contributed by atoms with van der Waals surface area (Å²) >= 11 is 1.16. The lowest BCUT2D eigenvalue weighted by molar-refractivity contribution is -0.113. The Kier molecular flexibility index (Phi) is 6.77. The van der Waals surface area contributed by atoms with E-state index < -0.39 is 0 Å². The van der Waals surface area contributed by atoms with Crippen molar-refractivity contribution >= 4 is 45.7 Å². The fourth-order valence-corrected chi connectivity index (χ4v) is 4.29. The molecule has 0 bridgehead atoms. The maximum Gasteiger partial charge on any atom is 0.277 e. The van der Waals surface area contributed by atoms with E-state index >= 15 is 0 Å². The number of nitrogens with one attached hydrogen (secondary N) is 2. The van der Waals surface area contributed by atoms with Crippen molar-refractivity contribution < 1.29 is 14.0 Å². The predicted octanol–water partition coefficient (Wildman–Crippen LogP) is 6.18. The average molecular weight is 495 g/mol. The highest BCUT2D eigenvalue weighted by Crippen LogP contribution is 2.29. The summed E-state index contributed by atoms with van der Waals surface area (Å²) in [7, 11) is 0. The summed E-state index contributed by atoms with van der Waals surface area (Å²) in [6.45, 7) is 1.89. The number of carbonyl (C=O) groups is 2. The van der Waals surface area contributed by atoms with E-state index in [0.29, 0.717) is 28.1 Å². The molecule has 7 nitrogen and oxygen atoms in total. The van der Waals surface area contributed by atoms with Crippen LogP contribution >= 0.6 is 11.8 Å². The van der Waals surface area contributed by atoms with Gasteiger partial charge >= 0.3 is 0 Å². The van der Waals surface area contributed by atoms with Gasteiger partial charge in [-0.2, -0.15) is 0 Å². The van der Waals surface area contributed by atoms with Gasteiger partial charge in [-0.05, 0) is 53.6 Å². The van der Waals surface area contributed by atoms with E-state index in [9.17, 15) is 9.59 Å². The number of anilines is 2. The maximum atomic E-state index is 12.6. The minimum Gasteiger partial charge on any atom is -0.411 e. The number of hydrogen-bond acceptors (Lipinski definition) is 6. The standard InChI is InChI=1S/C28H22N4O3S/c1-18-14-15-21(16-24(18)30-26(34)20-9-3-2-4-10-20)29-25(33)17-36-28-32-31-27(35-28)23-13-7-11-19-8-5-6-12-22(19)23/h2-16H,17H2,1H3,(H,29,33)(H,30,34). The third-order valence-corrected chi connectivity index (χ3v) is 6.38. The number of amides is 2. The minimum atomic E-state index is -0.228. The summed E-state index contributed by atoms with van der Waals surface area (Å²) in [6, 6.07) is 28.2. The summed E-state index contributed by atoms with van der Waals surface area (Å²) in [5, 5.41) is 16.4. The van der Waals surface area contributed by atoms with Gasteiger partial charge in [0.05, 0.1) is 5.75 Å². The fraction of sp³-hybridized carbons (Fsp3) is 0.0714. The quantitative estimate of drug-likeness (QED) is 0.262. The van der Waals surface area contributed by atoms with Gasteiger partial charge < -0.3 is 15.1 Å². The Bertz CT molecular complexity index is 1540. The summed E-state index contributed by atoms with van der Waals surface area (Å²) in [5.74, 6) is 0.0637. The van der Waals surface area contributed by atoms with Crippen LogP contribution in [-0.4, -0.2) is 27.8 Å². The molecule has 0 saturated carbocycles. The second-order valence-electron chi connectivity index (χ2n) is 8.09. The first-order valence-electron chi connectivity index (χ1n) is 11.3. The minimum absolute atomic E-state index is 0.0940. The van der Waals surface area contributed by atoms with Gasteiger partial charge in [0.25, 0.3) is 11.1 Å².